The van der Waals surface area contributed by atoms with Crippen LogP contribution in [0.5, 0.6) is 0 Å². The van der Waals surface area contributed by atoms with Gasteiger partial charge in [-0.1, -0.05) is 6.07 Å². The molecule has 0 aromatic carbocycles. The molecule has 1 unspecified atom stereocenters. The number of methoxy groups -OCH3 is 1. The van der Waals surface area contributed by atoms with Crippen molar-refractivity contribution in [3.63, 3.8) is 0 Å². The van der Waals surface area contributed by atoms with Crippen LogP contribution < -0.4 is 5.32 Å². The molecule has 0 aliphatic carbocycles. The smallest absolute Gasteiger partial charge is 0.408 e. The van der Waals surface area contributed by atoms with Gasteiger partial charge in [-0.2, -0.15) is 0 Å². The second kappa shape index (κ2) is 7.54. The number of nitrogens with one attached hydrogen (secondary N) is 1. The van der Waals surface area contributed by atoms with E-state index in [9.17, 15) is 9.59 Å². The van der Waals surface area contributed by atoms with Crippen LogP contribution in [0.2, 0.25) is 0 Å². The average Bonchev–Trinajstić information content (AvgIpc) is 2.84. The van der Waals surface area contributed by atoms with Gasteiger partial charge in [-0.15, -0.1) is 23.1 Å². The molecule has 1 aromatic heterocycles. The van der Waals surface area contributed by atoms with Crippen molar-refractivity contribution in [3.05, 3.63) is 17.5 Å². The molecule has 1 amide bonds. The van der Waals surface area contributed by atoms with Crippen LogP contribution in [0.4, 0.5) is 4.79 Å². The highest BCUT2D eigenvalue weighted by Gasteiger charge is 2.25. The highest BCUT2D eigenvalue weighted by molar-refractivity contribution is 8.01. The normalized spacial score (nSPS) is 12.6. The van der Waals surface area contributed by atoms with Crippen molar-refractivity contribution in [2.24, 2.45) is 0 Å². The Morgan fingerprint density at radius 2 is 2.15 bits per heavy atom. The van der Waals surface area contributed by atoms with E-state index in [1.807, 2.05) is 17.5 Å². The standard InChI is InChI=1S/C13H19NO4S2/c1-13(2,3)18-12(16)14-9(11(15)17-4)8-20-10-6-5-7-19-10/h5-7,9H,8H2,1-4H3,(H,14,16). The molecule has 7 heteroatoms. The van der Waals surface area contributed by atoms with Gasteiger partial charge in [0.25, 0.3) is 0 Å². The van der Waals surface area contributed by atoms with Gasteiger partial charge in [-0.25, -0.2) is 9.59 Å². The van der Waals surface area contributed by atoms with Crippen molar-refractivity contribution in [1.82, 2.24) is 5.32 Å². The van der Waals surface area contributed by atoms with E-state index >= 15 is 0 Å². The van der Waals surface area contributed by atoms with Crippen molar-refractivity contribution in [3.8, 4) is 0 Å². The number of rotatable bonds is 5. The summed E-state index contributed by atoms with van der Waals surface area (Å²) in [7, 11) is 1.29. The summed E-state index contributed by atoms with van der Waals surface area (Å²) in [6.07, 6.45) is -0.625. The number of hydrogen-bond acceptors (Lipinski definition) is 6. The van der Waals surface area contributed by atoms with Gasteiger partial charge in [0.05, 0.1) is 11.3 Å². The van der Waals surface area contributed by atoms with Gasteiger partial charge >= 0.3 is 12.1 Å². The molecule has 0 saturated heterocycles. The predicted molar refractivity (Wildman–Crippen MR) is 80.2 cm³/mol. The van der Waals surface area contributed by atoms with Crippen LogP contribution in [0.25, 0.3) is 0 Å². The zero-order chi connectivity index (χ0) is 15.2. The molecule has 112 valence electrons. The second-order valence-corrected chi connectivity index (χ2v) is 7.23. The van der Waals surface area contributed by atoms with E-state index in [1.54, 1.807) is 32.1 Å². The first-order valence-electron chi connectivity index (χ1n) is 6.05. The van der Waals surface area contributed by atoms with Gasteiger partial charge in [0.2, 0.25) is 0 Å². The zero-order valence-electron chi connectivity index (χ0n) is 12.0. The third-order valence-electron chi connectivity index (χ3n) is 2.06. The first-order chi connectivity index (χ1) is 9.31. The summed E-state index contributed by atoms with van der Waals surface area (Å²) in [4.78, 5) is 23.4. The Labute approximate surface area is 127 Å². The maximum Gasteiger partial charge on any atom is 0.408 e. The van der Waals surface area contributed by atoms with Crippen LogP contribution in [0.15, 0.2) is 21.7 Å². The molecule has 0 radical (unpaired) electrons. The van der Waals surface area contributed by atoms with Crippen molar-refractivity contribution in [1.29, 1.82) is 0 Å². The molecule has 0 saturated carbocycles. The summed E-state index contributed by atoms with van der Waals surface area (Å²) in [6, 6.07) is 3.15. The lowest BCUT2D eigenvalue weighted by Gasteiger charge is -2.22. The highest BCUT2D eigenvalue weighted by Crippen LogP contribution is 2.24. The van der Waals surface area contributed by atoms with Crippen LogP contribution in [0, 0.1) is 0 Å². The molecular formula is C13H19NO4S2. The highest BCUT2D eigenvalue weighted by atomic mass is 32.2. The minimum absolute atomic E-state index is 0.395. The molecule has 1 rings (SSSR count). The predicted octanol–water partition coefficient (Wildman–Crippen LogP) is 2.91. The molecule has 0 fully saturated rings. The largest absolute Gasteiger partial charge is 0.467 e. The van der Waals surface area contributed by atoms with E-state index in [4.69, 9.17) is 9.47 Å². The fraction of sp³-hybridized carbons (Fsp3) is 0.538. The summed E-state index contributed by atoms with van der Waals surface area (Å²) in [5.41, 5.74) is -0.606. The molecular weight excluding hydrogens is 298 g/mol. The van der Waals surface area contributed by atoms with Gasteiger partial charge in [-0.05, 0) is 32.2 Å². The Morgan fingerprint density at radius 1 is 1.45 bits per heavy atom. The summed E-state index contributed by atoms with van der Waals surface area (Å²) in [5.74, 6) is -0.0909. The van der Waals surface area contributed by atoms with Gasteiger partial charge in [-0.3, -0.25) is 0 Å². The van der Waals surface area contributed by atoms with E-state index in [0.29, 0.717) is 5.75 Å². The molecule has 0 aliphatic rings. The second-order valence-electron chi connectivity index (χ2n) is 4.97. The lowest BCUT2D eigenvalue weighted by atomic mass is 10.2. The zero-order valence-corrected chi connectivity index (χ0v) is 13.6. The molecule has 1 atom stereocenters. The minimum atomic E-state index is -0.734. The van der Waals surface area contributed by atoms with Crippen molar-refractivity contribution >= 4 is 35.2 Å². The third kappa shape index (κ3) is 6.29. The number of thioether (sulfide) groups is 1. The molecule has 20 heavy (non-hydrogen) atoms. The number of esters is 1. The maximum atomic E-state index is 11.7. The number of hydrogen-bond donors (Lipinski definition) is 1. The Hall–Kier alpha value is -1.21. The summed E-state index contributed by atoms with van der Waals surface area (Å²) >= 11 is 3.07. The quantitative estimate of drug-likeness (QED) is 0.668. The number of amides is 1. The van der Waals surface area contributed by atoms with Crippen molar-refractivity contribution in [2.75, 3.05) is 12.9 Å². The average molecular weight is 317 g/mol. The monoisotopic (exact) mass is 317 g/mol. The lowest BCUT2D eigenvalue weighted by molar-refractivity contribution is -0.142. The third-order valence-corrected chi connectivity index (χ3v) is 4.29. The van der Waals surface area contributed by atoms with E-state index in [0.717, 1.165) is 4.21 Å². The first-order valence-corrected chi connectivity index (χ1v) is 7.92. The summed E-state index contributed by atoms with van der Waals surface area (Å²) < 4.78 is 10.9. The maximum absolute atomic E-state index is 11.7. The molecule has 1 N–H and O–H groups in total. The first kappa shape index (κ1) is 16.8. The SMILES string of the molecule is COC(=O)C(CSc1cccs1)NC(=O)OC(C)(C)C. The van der Waals surface area contributed by atoms with Gasteiger partial charge in [0.15, 0.2) is 0 Å². The Morgan fingerprint density at radius 3 is 2.65 bits per heavy atom. The Bertz CT molecular complexity index is 440. The van der Waals surface area contributed by atoms with Crippen LogP contribution in [-0.2, 0) is 14.3 Å². The topological polar surface area (TPSA) is 64.6 Å². The van der Waals surface area contributed by atoms with E-state index in [-0.39, 0.29) is 0 Å². The Kier molecular flexibility index (Phi) is 6.35. The number of carbonyl (C=O) groups is 2. The van der Waals surface area contributed by atoms with Gasteiger partial charge in [0, 0.05) is 5.75 Å². The summed E-state index contributed by atoms with van der Waals surface area (Å²) in [5, 5.41) is 4.49. The molecule has 1 aromatic rings. The minimum Gasteiger partial charge on any atom is -0.467 e. The molecule has 0 bridgehead atoms. The summed E-state index contributed by atoms with van der Waals surface area (Å²) in [6.45, 7) is 5.29. The molecule has 0 spiro atoms. The van der Waals surface area contributed by atoms with Crippen LogP contribution in [0.1, 0.15) is 20.8 Å². The number of thiophene rings is 1. The Balaban J connectivity index is 2.56. The van der Waals surface area contributed by atoms with Crippen LogP contribution >= 0.6 is 23.1 Å². The molecule has 5 nitrogen and oxygen atoms in total. The van der Waals surface area contributed by atoms with Crippen molar-refractivity contribution in [2.45, 2.75) is 36.6 Å². The number of ether oxygens (including phenoxy) is 2. The van der Waals surface area contributed by atoms with Crippen LogP contribution in [0.3, 0.4) is 0 Å². The van der Waals surface area contributed by atoms with E-state index in [1.165, 1.54) is 18.9 Å². The van der Waals surface area contributed by atoms with E-state index < -0.39 is 23.7 Å². The molecule has 1 heterocycles. The van der Waals surface area contributed by atoms with Gasteiger partial charge in [0.1, 0.15) is 11.6 Å². The number of alkyl carbamates (subject to hydrolysis) is 1. The fourth-order valence-electron chi connectivity index (χ4n) is 1.27. The lowest BCUT2D eigenvalue weighted by Crippen LogP contribution is -2.45. The molecule has 0 aliphatic heterocycles. The van der Waals surface area contributed by atoms with Crippen molar-refractivity contribution < 1.29 is 19.1 Å². The fourth-order valence-corrected chi connectivity index (χ4v) is 3.09. The number of carbonyl (C=O) groups excluding carboxylic acids is 2. The van der Waals surface area contributed by atoms with E-state index in [2.05, 4.69) is 5.32 Å². The van der Waals surface area contributed by atoms with Crippen LogP contribution in [-0.4, -0.2) is 36.6 Å². The van der Waals surface area contributed by atoms with Gasteiger partial charge < -0.3 is 14.8 Å².